The van der Waals surface area contributed by atoms with Crippen molar-refractivity contribution in [3.05, 3.63) is 28.8 Å². The lowest BCUT2D eigenvalue weighted by molar-refractivity contribution is -0.108. The number of nitrogens with zero attached hydrogens (tertiary/aromatic N) is 1. The normalized spacial score (nSPS) is 18.2. The van der Waals surface area contributed by atoms with Gasteiger partial charge in [-0.05, 0) is 37.5 Å². The molecule has 6 heteroatoms. The van der Waals surface area contributed by atoms with Crippen molar-refractivity contribution >= 4 is 21.6 Å². The zero-order chi connectivity index (χ0) is 12.5. The lowest BCUT2D eigenvalue weighted by atomic mass is 10.2. The maximum Gasteiger partial charge on any atom is 0.265 e. The van der Waals surface area contributed by atoms with Crippen molar-refractivity contribution in [1.82, 2.24) is 4.47 Å². The Bertz CT molecular complexity index is 509. The molecule has 0 bridgehead atoms. The number of sulfonamides is 1. The van der Waals surface area contributed by atoms with Gasteiger partial charge in [-0.3, -0.25) is 4.84 Å². The van der Waals surface area contributed by atoms with Crippen LogP contribution in [0.25, 0.3) is 0 Å². The van der Waals surface area contributed by atoms with E-state index < -0.39 is 10.0 Å². The third-order valence-electron chi connectivity index (χ3n) is 2.67. The third-order valence-corrected chi connectivity index (χ3v) is 4.72. The molecule has 1 saturated heterocycles. The van der Waals surface area contributed by atoms with E-state index in [1.807, 2.05) is 0 Å². The molecule has 1 aromatic rings. The Morgan fingerprint density at radius 1 is 1.35 bits per heavy atom. The highest BCUT2D eigenvalue weighted by atomic mass is 35.5. The number of hydrogen-bond acceptors (Lipinski definition) is 3. The molecule has 1 heterocycles. The number of hydroxylamine groups is 1. The second kappa shape index (κ2) is 4.94. The van der Waals surface area contributed by atoms with Crippen LogP contribution in [0.15, 0.2) is 23.1 Å². The summed E-state index contributed by atoms with van der Waals surface area (Å²) in [5.41, 5.74) is 0.670. The molecule has 0 spiro atoms. The quantitative estimate of drug-likeness (QED) is 0.832. The molecule has 0 aliphatic carbocycles. The van der Waals surface area contributed by atoms with Crippen molar-refractivity contribution in [1.29, 1.82) is 0 Å². The van der Waals surface area contributed by atoms with Crippen LogP contribution in [0.4, 0.5) is 0 Å². The Balaban J connectivity index is 2.40. The van der Waals surface area contributed by atoms with Crippen molar-refractivity contribution in [2.75, 3.05) is 13.2 Å². The van der Waals surface area contributed by atoms with Gasteiger partial charge in [-0.25, -0.2) is 8.42 Å². The molecule has 0 radical (unpaired) electrons. The molecule has 1 aliphatic rings. The smallest absolute Gasteiger partial charge is 0.265 e. The van der Waals surface area contributed by atoms with E-state index in [4.69, 9.17) is 16.4 Å². The lowest BCUT2D eigenvalue weighted by Gasteiger charge is -2.25. The van der Waals surface area contributed by atoms with Crippen molar-refractivity contribution in [2.45, 2.75) is 24.7 Å². The summed E-state index contributed by atoms with van der Waals surface area (Å²) in [4.78, 5) is 5.41. The van der Waals surface area contributed by atoms with E-state index in [0.29, 0.717) is 23.7 Å². The maximum atomic E-state index is 12.3. The minimum atomic E-state index is -3.59. The lowest BCUT2D eigenvalue weighted by Crippen LogP contribution is -2.36. The van der Waals surface area contributed by atoms with Crippen LogP contribution in [0.5, 0.6) is 0 Å². The average molecular weight is 276 g/mol. The van der Waals surface area contributed by atoms with Gasteiger partial charge in [0.1, 0.15) is 0 Å². The second-order valence-electron chi connectivity index (χ2n) is 3.98. The first-order valence-electron chi connectivity index (χ1n) is 5.43. The minimum absolute atomic E-state index is 0.215. The van der Waals surface area contributed by atoms with E-state index in [0.717, 1.165) is 17.3 Å². The molecule has 94 valence electrons. The molecule has 0 atom stereocenters. The summed E-state index contributed by atoms with van der Waals surface area (Å²) in [5, 5.41) is 0.409. The van der Waals surface area contributed by atoms with E-state index in [9.17, 15) is 8.42 Å². The first-order chi connectivity index (χ1) is 8.01. The molecule has 1 aliphatic heterocycles. The molecule has 1 fully saturated rings. The van der Waals surface area contributed by atoms with E-state index in [-0.39, 0.29) is 4.90 Å². The first-order valence-corrected chi connectivity index (χ1v) is 7.25. The predicted molar refractivity (Wildman–Crippen MR) is 65.3 cm³/mol. The van der Waals surface area contributed by atoms with Crippen LogP contribution in [-0.4, -0.2) is 26.0 Å². The Hall–Kier alpha value is -0.620. The molecule has 0 aromatic heterocycles. The highest BCUT2D eigenvalue weighted by Crippen LogP contribution is 2.25. The van der Waals surface area contributed by atoms with E-state index in [2.05, 4.69) is 0 Å². The van der Waals surface area contributed by atoms with Gasteiger partial charge in [0, 0.05) is 11.6 Å². The van der Waals surface area contributed by atoms with Gasteiger partial charge in [-0.15, -0.1) is 0 Å². The molecular formula is C11H14ClNO3S. The number of halogens is 1. The summed E-state index contributed by atoms with van der Waals surface area (Å²) >= 11 is 5.84. The van der Waals surface area contributed by atoms with Crippen LogP contribution in [0.3, 0.4) is 0 Å². The summed E-state index contributed by atoms with van der Waals surface area (Å²) in [6.07, 6.45) is 1.71. The van der Waals surface area contributed by atoms with Gasteiger partial charge in [0.25, 0.3) is 10.0 Å². The molecule has 2 rings (SSSR count). The van der Waals surface area contributed by atoms with Gasteiger partial charge in [-0.1, -0.05) is 22.1 Å². The topological polar surface area (TPSA) is 46.6 Å². The van der Waals surface area contributed by atoms with Crippen molar-refractivity contribution in [3.8, 4) is 0 Å². The van der Waals surface area contributed by atoms with Crippen molar-refractivity contribution in [2.24, 2.45) is 0 Å². The van der Waals surface area contributed by atoms with Gasteiger partial charge >= 0.3 is 0 Å². The summed E-state index contributed by atoms with van der Waals surface area (Å²) in [5.74, 6) is 0. The fourth-order valence-corrected chi connectivity index (χ4v) is 3.51. The minimum Gasteiger partial charge on any atom is -0.284 e. The maximum absolute atomic E-state index is 12.3. The number of benzene rings is 1. The summed E-state index contributed by atoms with van der Waals surface area (Å²) in [7, 11) is -3.59. The van der Waals surface area contributed by atoms with Gasteiger partial charge in [0.05, 0.1) is 11.5 Å². The Morgan fingerprint density at radius 2 is 2.12 bits per heavy atom. The predicted octanol–water partition coefficient (Wildman–Crippen LogP) is 2.36. The van der Waals surface area contributed by atoms with E-state index >= 15 is 0 Å². The molecule has 4 nitrogen and oxygen atoms in total. The monoisotopic (exact) mass is 275 g/mol. The van der Waals surface area contributed by atoms with Crippen LogP contribution in [-0.2, 0) is 14.9 Å². The summed E-state index contributed by atoms with van der Waals surface area (Å²) < 4.78 is 25.7. The zero-order valence-corrected chi connectivity index (χ0v) is 11.1. The molecular weight excluding hydrogens is 262 g/mol. The van der Waals surface area contributed by atoms with Gasteiger partial charge in [0.15, 0.2) is 0 Å². The average Bonchev–Trinajstić information content (AvgIpc) is 2.33. The highest BCUT2D eigenvalue weighted by molar-refractivity contribution is 7.89. The van der Waals surface area contributed by atoms with Gasteiger partial charge < -0.3 is 0 Å². The van der Waals surface area contributed by atoms with E-state index in [1.54, 1.807) is 19.1 Å². The zero-order valence-electron chi connectivity index (χ0n) is 9.52. The Morgan fingerprint density at radius 3 is 2.76 bits per heavy atom. The molecule has 0 unspecified atom stereocenters. The largest absolute Gasteiger partial charge is 0.284 e. The standard InChI is InChI=1S/C11H14ClNO3S/c1-9-4-5-10(12)8-11(9)17(14,15)13-6-2-3-7-16-13/h4-5,8H,2-3,6-7H2,1H3. The molecule has 0 amide bonds. The highest BCUT2D eigenvalue weighted by Gasteiger charge is 2.28. The van der Waals surface area contributed by atoms with Crippen LogP contribution in [0.2, 0.25) is 5.02 Å². The van der Waals surface area contributed by atoms with E-state index in [1.165, 1.54) is 6.07 Å². The molecule has 17 heavy (non-hydrogen) atoms. The molecule has 0 saturated carbocycles. The Labute approximate surface area is 106 Å². The fraction of sp³-hybridized carbons (Fsp3) is 0.455. The SMILES string of the molecule is Cc1ccc(Cl)cc1S(=O)(=O)N1CCCCO1. The second-order valence-corrected chi connectivity index (χ2v) is 6.22. The van der Waals surface area contributed by atoms with Gasteiger partial charge in [-0.2, -0.15) is 0 Å². The Kier molecular flexibility index (Phi) is 3.73. The van der Waals surface area contributed by atoms with Crippen LogP contribution in [0.1, 0.15) is 18.4 Å². The van der Waals surface area contributed by atoms with Crippen molar-refractivity contribution in [3.63, 3.8) is 0 Å². The van der Waals surface area contributed by atoms with Crippen LogP contribution in [0, 0.1) is 6.92 Å². The summed E-state index contributed by atoms with van der Waals surface area (Å²) in [6, 6.07) is 4.83. The fourth-order valence-electron chi connectivity index (χ4n) is 1.72. The van der Waals surface area contributed by atoms with Crippen molar-refractivity contribution < 1.29 is 13.3 Å². The number of hydrogen-bond donors (Lipinski definition) is 0. The van der Waals surface area contributed by atoms with Crippen LogP contribution >= 0.6 is 11.6 Å². The van der Waals surface area contributed by atoms with Gasteiger partial charge in [0.2, 0.25) is 0 Å². The van der Waals surface area contributed by atoms with Crippen LogP contribution < -0.4 is 0 Å². The first kappa shape index (κ1) is 12.8. The third kappa shape index (κ3) is 2.63. The number of rotatable bonds is 2. The number of aryl methyl sites for hydroxylation is 1. The molecule has 1 aromatic carbocycles. The summed E-state index contributed by atoms with van der Waals surface area (Å²) in [6.45, 7) is 2.58. The molecule has 0 N–H and O–H groups in total.